The lowest BCUT2D eigenvalue weighted by atomic mass is 9.56. The first-order valence-electron chi connectivity index (χ1n) is 11.0. The molecule has 2 aromatic carbocycles. The van der Waals surface area contributed by atoms with Crippen LogP contribution in [0.4, 0.5) is 0 Å². The number of likely N-dealkylation sites (tertiary alicyclic amines) is 1. The molecule has 1 saturated carbocycles. The maximum Gasteiger partial charge on any atom is 0.115 e. The van der Waals surface area contributed by atoms with Crippen molar-refractivity contribution in [2.75, 3.05) is 19.6 Å². The number of nitrogens with one attached hydrogen (secondary N) is 1. The van der Waals surface area contributed by atoms with Crippen LogP contribution in [0.3, 0.4) is 0 Å². The van der Waals surface area contributed by atoms with Gasteiger partial charge in [-0.15, -0.1) is 0 Å². The number of aromatic hydroxyl groups is 1. The molecule has 2 aliphatic carbocycles. The van der Waals surface area contributed by atoms with Crippen molar-refractivity contribution in [2.24, 2.45) is 5.92 Å². The zero-order valence-electron chi connectivity index (χ0n) is 17.0. The smallest absolute Gasteiger partial charge is 0.115 e. The van der Waals surface area contributed by atoms with Crippen LogP contribution in [-0.2, 0) is 18.3 Å². The molecule has 2 heterocycles. The van der Waals surface area contributed by atoms with Crippen LogP contribution < -0.4 is 0 Å². The summed E-state index contributed by atoms with van der Waals surface area (Å²) in [6.07, 6.45) is 4.95. The van der Waals surface area contributed by atoms with Crippen molar-refractivity contribution in [2.45, 2.75) is 43.1 Å². The topological polar surface area (TPSA) is 59.5 Å². The lowest BCUT2D eigenvalue weighted by molar-refractivity contribution is -0.103. The predicted octanol–water partition coefficient (Wildman–Crippen LogP) is 4.52. The standard InChI is InChI=1S/C25H27BrN2O2/c26-21-6-2-5-19-20-12-25(30)15-28(14-16-7-8-16)10-9-24(25,13-22(20)27-23(19)21)17-3-1-4-18(29)11-17/h1-6,11,16,27,29-30H,7-10,12-15H2. The van der Waals surface area contributed by atoms with Gasteiger partial charge in [0.2, 0.25) is 0 Å². The second kappa shape index (κ2) is 6.59. The molecule has 2 atom stereocenters. The molecule has 0 amide bonds. The van der Waals surface area contributed by atoms with Crippen LogP contribution in [0.15, 0.2) is 46.9 Å². The summed E-state index contributed by atoms with van der Waals surface area (Å²) in [6.45, 7) is 2.79. The molecule has 2 fully saturated rings. The van der Waals surface area contributed by atoms with E-state index in [0.717, 1.165) is 47.4 Å². The maximum absolute atomic E-state index is 12.3. The lowest BCUT2D eigenvalue weighted by Gasteiger charge is -2.56. The number of phenols is 1. The van der Waals surface area contributed by atoms with Crippen molar-refractivity contribution >= 4 is 26.8 Å². The molecule has 0 bridgehead atoms. The Morgan fingerprint density at radius 3 is 2.77 bits per heavy atom. The molecule has 4 nitrogen and oxygen atoms in total. The van der Waals surface area contributed by atoms with Crippen LogP contribution in [0.2, 0.25) is 0 Å². The zero-order chi connectivity index (χ0) is 20.5. The van der Waals surface area contributed by atoms with Gasteiger partial charge >= 0.3 is 0 Å². The van der Waals surface area contributed by atoms with Crippen LogP contribution in [0.5, 0.6) is 5.75 Å². The number of benzene rings is 2. The molecular formula is C25H27BrN2O2. The van der Waals surface area contributed by atoms with Crippen molar-refractivity contribution in [3.63, 3.8) is 0 Å². The minimum atomic E-state index is -0.863. The largest absolute Gasteiger partial charge is 0.508 e. The molecule has 3 aromatic rings. The van der Waals surface area contributed by atoms with Gasteiger partial charge in [0.1, 0.15) is 5.75 Å². The fraction of sp³-hybridized carbons (Fsp3) is 0.440. The summed E-state index contributed by atoms with van der Waals surface area (Å²) < 4.78 is 1.06. The number of fused-ring (bicyclic) bond motifs is 4. The second-order valence-corrected chi connectivity index (χ2v) is 10.5. The number of hydrogen-bond donors (Lipinski definition) is 3. The third-order valence-electron chi connectivity index (χ3n) is 7.77. The highest BCUT2D eigenvalue weighted by Gasteiger charge is 2.57. The van der Waals surface area contributed by atoms with Crippen LogP contribution in [0.1, 0.15) is 36.1 Å². The van der Waals surface area contributed by atoms with Gasteiger partial charge in [-0.05, 0) is 77.0 Å². The van der Waals surface area contributed by atoms with Crippen molar-refractivity contribution in [1.82, 2.24) is 9.88 Å². The highest BCUT2D eigenvalue weighted by Crippen LogP contribution is 2.52. The Hall–Kier alpha value is -1.82. The van der Waals surface area contributed by atoms with Crippen molar-refractivity contribution in [1.29, 1.82) is 0 Å². The number of aromatic amines is 1. The Balaban J connectivity index is 1.50. The molecular weight excluding hydrogens is 440 g/mol. The second-order valence-electron chi connectivity index (χ2n) is 9.69. The van der Waals surface area contributed by atoms with E-state index < -0.39 is 11.0 Å². The van der Waals surface area contributed by atoms with Gasteiger partial charge in [0, 0.05) is 46.9 Å². The highest BCUT2D eigenvalue weighted by molar-refractivity contribution is 9.10. The maximum atomic E-state index is 12.3. The number of aromatic nitrogens is 1. The Bertz CT molecular complexity index is 1140. The van der Waals surface area contributed by atoms with Gasteiger partial charge in [0.25, 0.3) is 0 Å². The number of phenolic OH excluding ortho intramolecular Hbond substituents is 1. The molecule has 1 aliphatic heterocycles. The first kappa shape index (κ1) is 18.9. The quantitative estimate of drug-likeness (QED) is 0.531. The highest BCUT2D eigenvalue weighted by atomic mass is 79.9. The summed E-state index contributed by atoms with van der Waals surface area (Å²) in [5, 5.41) is 23.8. The van der Waals surface area contributed by atoms with E-state index in [1.807, 2.05) is 12.1 Å². The van der Waals surface area contributed by atoms with E-state index in [1.54, 1.807) is 6.07 Å². The van der Waals surface area contributed by atoms with Gasteiger partial charge in [0.05, 0.1) is 11.1 Å². The summed E-state index contributed by atoms with van der Waals surface area (Å²) in [4.78, 5) is 6.14. The average molecular weight is 467 g/mol. The van der Waals surface area contributed by atoms with E-state index in [1.165, 1.54) is 29.5 Å². The number of aliphatic hydroxyl groups is 1. The number of halogens is 1. The van der Waals surface area contributed by atoms with Crippen molar-refractivity contribution in [3.05, 3.63) is 63.8 Å². The van der Waals surface area contributed by atoms with E-state index >= 15 is 0 Å². The van der Waals surface area contributed by atoms with Crippen molar-refractivity contribution in [3.8, 4) is 5.75 Å². The number of H-pyrrole nitrogens is 1. The number of hydrogen-bond acceptors (Lipinski definition) is 3. The summed E-state index contributed by atoms with van der Waals surface area (Å²) in [5.74, 6) is 1.08. The first-order chi connectivity index (χ1) is 14.5. The Labute approximate surface area is 185 Å². The van der Waals surface area contributed by atoms with Gasteiger partial charge in [-0.25, -0.2) is 0 Å². The van der Waals surface area contributed by atoms with E-state index in [-0.39, 0.29) is 5.75 Å². The number of piperidine rings is 1. The van der Waals surface area contributed by atoms with Crippen LogP contribution in [-0.4, -0.2) is 45.3 Å². The van der Waals surface area contributed by atoms with Crippen molar-refractivity contribution < 1.29 is 10.2 Å². The van der Waals surface area contributed by atoms with E-state index in [9.17, 15) is 10.2 Å². The molecule has 3 aliphatic rings. The van der Waals surface area contributed by atoms with Gasteiger partial charge < -0.3 is 20.1 Å². The Kier molecular flexibility index (Phi) is 4.15. The molecule has 3 N–H and O–H groups in total. The third-order valence-corrected chi connectivity index (χ3v) is 8.43. The Morgan fingerprint density at radius 1 is 1.13 bits per heavy atom. The first-order valence-corrected chi connectivity index (χ1v) is 11.8. The molecule has 1 aromatic heterocycles. The molecule has 1 saturated heterocycles. The van der Waals surface area contributed by atoms with Crippen LogP contribution in [0.25, 0.3) is 10.9 Å². The SMILES string of the molecule is Oc1cccc(C23CCN(CC4CC4)CC2(O)Cc2c([nH]c4c(Br)cccc24)C3)c1. The fourth-order valence-electron chi connectivity index (χ4n) is 6.04. The van der Waals surface area contributed by atoms with Gasteiger partial charge in [-0.3, -0.25) is 0 Å². The molecule has 5 heteroatoms. The predicted molar refractivity (Wildman–Crippen MR) is 122 cm³/mol. The van der Waals surface area contributed by atoms with Gasteiger partial charge in [-0.2, -0.15) is 0 Å². The molecule has 156 valence electrons. The number of nitrogens with zero attached hydrogens (tertiary/aromatic N) is 1. The molecule has 30 heavy (non-hydrogen) atoms. The number of rotatable bonds is 3. The van der Waals surface area contributed by atoms with Gasteiger partial charge in [0.15, 0.2) is 0 Å². The molecule has 6 rings (SSSR count). The number of β-amino-alcohol motifs (C(OH)–C–C–N with tert-alkyl or cyclic N) is 1. The summed E-state index contributed by atoms with van der Waals surface area (Å²) in [7, 11) is 0. The monoisotopic (exact) mass is 466 g/mol. The average Bonchev–Trinajstić information content (AvgIpc) is 3.46. The van der Waals surface area contributed by atoms with Crippen LogP contribution in [0, 0.1) is 5.92 Å². The summed E-state index contributed by atoms with van der Waals surface area (Å²) >= 11 is 3.69. The fourth-order valence-corrected chi connectivity index (χ4v) is 6.50. The van der Waals surface area contributed by atoms with Crippen LogP contribution >= 0.6 is 15.9 Å². The van der Waals surface area contributed by atoms with E-state index in [4.69, 9.17) is 0 Å². The minimum Gasteiger partial charge on any atom is -0.508 e. The number of para-hydroxylation sites is 1. The normalized spacial score (nSPS) is 29.0. The molecule has 0 spiro atoms. The minimum absolute atomic E-state index is 0.273. The molecule has 2 unspecified atom stereocenters. The molecule has 0 radical (unpaired) electrons. The Morgan fingerprint density at radius 2 is 1.97 bits per heavy atom. The van der Waals surface area contributed by atoms with E-state index in [2.05, 4.69) is 50.1 Å². The summed E-state index contributed by atoms with van der Waals surface area (Å²) in [6, 6.07) is 13.9. The van der Waals surface area contributed by atoms with Gasteiger partial charge in [-0.1, -0.05) is 24.3 Å². The third kappa shape index (κ3) is 2.79. The summed E-state index contributed by atoms with van der Waals surface area (Å²) in [5.41, 5.74) is 3.38. The van der Waals surface area contributed by atoms with E-state index in [0.29, 0.717) is 13.0 Å². The lowest BCUT2D eigenvalue weighted by Crippen LogP contribution is -2.66. The zero-order valence-corrected chi connectivity index (χ0v) is 18.6.